The van der Waals surface area contributed by atoms with E-state index in [1.165, 1.54) is 148 Å². The Morgan fingerprint density at radius 3 is 0.841 bits per heavy atom. The van der Waals surface area contributed by atoms with Gasteiger partial charge in [-0.2, -0.15) is 0 Å². The summed E-state index contributed by atoms with van der Waals surface area (Å²) in [5.41, 5.74) is 0. The molecule has 0 unspecified atom stereocenters. The van der Waals surface area contributed by atoms with Gasteiger partial charge in [-0.1, -0.05) is 221 Å². The predicted octanol–water partition coefficient (Wildman–Crippen LogP) is 19.5. The lowest BCUT2D eigenvalue weighted by Gasteiger charge is -2.18. The summed E-state index contributed by atoms with van der Waals surface area (Å²) in [4.78, 5) is 38.2. The standard InChI is InChI=1S/C63H108O6/c1-4-7-10-13-16-19-22-25-28-30-31-33-35-38-41-44-47-50-53-56-62(65)68-59-60(58-67-61(64)55-52-49-46-43-40-37-34-27-24-21-18-15-12-9-6-3)69-63(66)57-54-51-48-45-42-39-36-32-29-26-23-20-17-14-11-8-5-2/h16-21,25-29,34,40,43,60H,4-15,22-24,30-33,35-39,41-42,44-59H2,1-3H3/b19-16-,20-17-,21-18-,28-25-,29-26-,34-27-,43-40-/t60-/m0/s1. The van der Waals surface area contributed by atoms with E-state index in [9.17, 15) is 14.4 Å². The normalized spacial score (nSPS) is 12.7. The van der Waals surface area contributed by atoms with Gasteiger partial charge >= 0.3 is 17.9 Å². The highest BCUT2D eigenvalue weighted by atomic mass is 16.6. The van der Waals surface area contributed by atoms with Crippen molar-refractivity contribution >= 4 is 17.9 Å². The van der Waals surface area contributed by atoms with Crippen molar-refractivity contribution in [2.75, 3.05) is 13.2 Å². The molecule has 0 radical (unpaired) electrons. The van der Waals surface area contributed by atoms with E-state index >= 15 is 0 Å². The molecule has 0 N–H and O–H groups in total. The highest BCUT2D eigenvalue weighted by molar-refractivity contribution is 5.71. The second-order valence-electron chi connectivity index (χ2n) is 19.2. The van der Waals surface area contributed by atoms with E-state index in [-0.39, 0.29) is 31.1 Å². The third-order valence-corrected chi connectivity index (χ3v) is 12.3. The average Bonchev–Trinajstić information content (AvgIpc) is 3.35. The molecule has 0 aromatic rings. The first-order valence-corrected chi connectivity index (χ1v) is 29.1. The Bertz CT molecular complexity index is 1330. The van der Waals surface area contributed by atoms with Crippen LogP contribution in [-0.4, -0.2) is 37.2 Å². The quantitative estimate of drug-likeness (QED) is 0.0262. The van der Waals surface area contributed by atoms with Crippen molar-refractivity contribution in [2.45, 2.75) is 284 Å². The van der Waals surface area contributed by atoms with Gasteiger partial charge in [-0.25, -0.2) is 0 Å². The molecule has 0 aliphatic rings. The van der Waals surface area contributed by atoms with Gasteiger partial charge in [-0.05, 0) is 122 Å². The molecule has 0 rings (SSSR count). The minimum atomic E-state index is -0.799. The third-order valence-electron chi connectivity index (χ3n) is 12.3. The number of rotatable bonds is 52. The monoisotopic (exact) mass is 961 g/mol. The summed E-state index contributed by atoms with van der Waals surface area (Å²) in [5.74, 6) is -0.940. The van der Waals surface area contributed by atoms with Crippen LogP contribution in [0.2, 0.25) is 0 Å². The van der Waals surface area contributed by atoms with Gasteiger partial charge in [-0.3, -0.25) is 14.4 Å². The maximum atomic E-state index is 12.9. The number of carbonyl (C=O) groups excluding carboxylic acids is 3. The number of allylic oxidation sites excluding steroid dienone is 14. The number of unbranched alkanes of at least 4 members (excludes halogenated alkanes) is 27. The highest BCUT2D eigenvalue weighted by Gasteiger charge is 2.19. The summed E-state index contributed by atoms with van der Waals surface area (Å²) >= 11 is 0. The molecule has 69 heavy (non-hydrogen) atoms. The lowest BCUT2D eigenvalue weighted by Crippen LogP contribution is -2.30. The van der Waals surface area contributed by atoms with Gasteiger partial charge in [0.2, 0.25) is 0 Å². The lowest BCUT2D eigenvalue weighted by atomic mass is 10.1. The van der Waals surface area contributed by atoms with Crippen molar-refractivity contribution in [3.63, 3.8) is 0 Å². The van der Waals surface area contributed by atoms with Crippen molar-refractivity contribution < 1.29 is 28.6 Å². The molecule has 6 nitrogen and oxygen atoms in total. The van der Waals surface area contributed by atoms with Gasteiger partial charge in [0.1, 0.15) is 13.2 Å². The van der Waals surface area contributed by atoms with Gasteiger partial charge < -0.3 is 14.2 Å². The first-order valence-electron chi connectivity index (χ1n) is 29.1. The maximum Gasteiger partial charge on any atom is 0.306 e. The number of esters is 3. The zero-order chi connectivity index (χ0) is 50.0. The number of ether oxygens (including phenoxy) is 3. The van der Waals surface area contributed by atoms with Crippen molar-refractivity contribution in [1.82, 2.24) is 0 Å². The Kier molecular flexibility index (Phi) is 54.3. The van der Waals surface area contributed by atoms with E-state index in [0.717, 1.165) is 89.9 Å². The molecule has 0 aromatic heterocycles. The van der Waals surface area contributed by atoms with Crippen molar-refractivity contribution in [2.24, 2.45) is 0 Å². The van der Waals surface area contributed by atoms with Crippen LogP contribution >= 0.6 is 0 Å². The largest absolute Gasteiger partial charge is 0.462 e. The Balaban J connectivity index is 4.44. The Labute approximate surface area is 426 Å². The molecular formula is C63H108O6. The van der Waals surface area contributed by atoms with Gasteiger partial charge in [0.05, 0.1) is 0 Å². The SMILES string of the molecule is CCCCC/C=C\C/C=C\C/C=C\CCCCC(=O)OC[C@@H](COC(=O)CCCCCCCCCCC/C=C\C/C=C\CCCCC)OC(=O)CCCCCCCCC/C=C\C/C=C\CCCCC. The lowest BCUT2D eigenvalue weighted by molar-refractivity contribution is -0.167. The molecule has 0 saturated carbocycles. The van der Waals surface area contributed by atoms with Gasteiger partial charge in [0.15, 0.2) is 6.10 Å². The molecule has 6 heteroatoms. The molecule has 0 aliphatic heterocycles. The van der Waals surface area contributed by atoms with Gasteiger partial charge in [-0.15, -0.1) is 0 Å². The molecule has 0 bridgehead atoms. The molecule has 1 atom stereocenters. The van der Waals surface area contributed by atoms with Crippen LogP contribution in [0.3, 0.4) is 0 Å². The Morgan fingerprint density at radius 2 is 0.522 bits per heavy atom. The molecule has 0 aromatic carbocycles. The van der Waals surface area contributed by atoms with Crippen molar-refractivity contribution in [3.8, 4) is 0 Å². The fourth-order valence-electron chi connectivity index (χ4n) is 7.92. The summed E-state index contributed by atoms with van der Waals surface area (Å²) in [6, 6.07) is 0. The fraction of sp³-hybridized carbons (Fsp3) is 0.730. The molecular weight excluding hydrogens is 853 g/mol. The summed E-state index contributed by atoms with van der Waals surface area (Å²) in [6.07, 6.45) is 74.2. The van der Waals surface area contributed by atoms with E-state index in [1.807, 2.05) is 0 Å². The van der Waals surface area contributed by atoms with Crippen LogP contribution in [-0.2, 0) is 28.6 Å². The van der Waals surface area contributed by atoms with Gasteiger partial charge in [0, 0.05) is 19.3 Å². The van der Waals surface area contributed by atoms with E-state index < -0.39 is 6.10 Å². The predicted molar refractivity (Wildman–Crippen MR) is 297 cm³/mol. The zero-order valence-electron chi connectivity index (χ0n) is 45.3. The Morgan fingerprint density at radius 1 is 0.290 bits per heavy atom. The molecule has 0 aliphatic carbocycles. The van der Waals surface area contributed by atoms with E-state index in [1.54, 1.807) is 0 Å². The van der Waals surface area contributed by atoms with E-state index in [0.29, 0.717) is 19.3 Å². The van der Waals surface area contributed by atoms with E-state index in [4.69, 9.17) is 14.2 Å². The molecule has 0 saturated heterocycles. The van der Waals surface area contributed by atoms with Crippen LogP contribution in [0.5, 0.6) is 0 Å². The third kappa shape index (κ3) is 55.4. The van der Waals surface area contributed by atoms with Crippen LogP contribution in [0.15, 0.2) is 85.1 Å². The summed E-state index contributed by atoms with van der Waals surface area (Å²) < 4.78 is 16.8. The fourth-order valence-corrected chi connectivity index (χ4v) is 7.92. The van der Waals surface area contributed by atoms with Crippen LogP contribution in [0.4, 0.5) is 0 Å². The molecule has 0 amide bonds. The summed E-state index contributed by atoms with van der Waals surface area (Å²) in [7, 11) is 0. The van der Waals surface area contributed by atoms with Crippen LogP contribution in [0.1, 0.15) is 278 Å². The molecule has 0 heterocycles. The molecule has 0 fully saturated rings. The van der Waals surface area contributed by atoms with Crippen LogP contribution in [0.25, 0.3) is 0 Å². The minimum Gasteiger partial charge on any atom is -0.462 e. The first-order chi connectivity index (χ1) is 34.0. The maximum absolute atomic E-state index is 12.9. The topological polar surface area (TPSA) is 78.9 Å². The van der Waals surface area contributed by atoms with Gasteiger partial charge in [0.25, 0.3) is 0 Å². The number of carbonyl (C=O) groups is 3. The first kappa shape index (κ1) is 65.6. The highest BCUT2D eigenvalue weighted by Crippen LogP contribution is 2.15. The van der Waals surface area contributed by atoms with Crippen molar-refractivity contribution in [3.05, 3.63) is 85.1 Å². The summed E-state index contributed by atoms with van der Waals surface area (Å²) in [6.45, 7) is 6.53. The molecule has 0 spiro atoms. The smallest absolute Gasteiger partial charge is 0.306 e. The summed E-state index contributed by atoms with van der Waals surface area (Å²) in [5, 5.41) is 0. The second kappa shape index (κ2) is 57.2. The zero-order valence-corrected chi connectivity index (χ0v) is 45.3. The minimum absolute atomic E-state index is 0.0940. The van der Waals surface area contributed by atoms with Crippen LogP contribution < -0.4 is 0 Å². The van der Waals surface area contributed by atoms with Crippen molar-refractivity contribution in [1.29, 1.82) is 0 Å². The van der Waals surface area contributed by atoms with Crippen LogP contribution in [0, 0.1) is 0 Å². The number of hydrogen-bond acceptors (Lipinski definition) is 6. The van der Waals surface area contributed by atoms with E-state index in [2.05, 4.69) is 106 Å². The average molecular weight is 962 g/mol. The second-order valence-corrected chi connectivity index (χ2v) is 19.2. The molecule has 396 valence electrons. The Hall–Kier alpha value is -3.41. The number of hydrogen-bond donors (Lipinski definition) is 0.